The highest BCUT2D eigenvalue weighted by molar-refractivity contribution is 7.91. The summed E-state index contributed by atoms with van der Waals surface area (Å²) in [5, 5.41) is 5.02. The predicted molar refractivity (Wildman–Crippen MR) is 196 cm³/mol. The van der Waals surface area contributed by atoms with E-state index in [1.165, 1.54) is 15.9 Å². The van der Waals surface area contributed by atoms with Crippen molar-refractivity contribution in [1.82, 2.24) is 25.2 Å². The van der Waals surface area contributed by atoms with E-state index in [-0.39, 0.29) is 45.3 Å². The number of amides is 5. The van der Waals surface area contributed by atoms with Crippen LogP contribution >= 0.6 is 0 Å². The number of ether oxygens (including phenoxy) is 2. The first-order valence-corrected chi connectivity index (χ1v) is 20.4. The van der Waals surface area contributed by atoms with Crippen molar-refractivity contribution in [3.63, 3.8) is 0 Å². The molecule has 3 fully saturated rings. The molecule has 1 unspecified atom stereocenters. The molecule has 3 aliphatic heterocycles. The fourth-order valence-electron chi connectivity index (χ4n) is 7.75. The number of rotatable bonds is 8. The van der Waals surface area contributed by atoms with Crippen LogP contribution in [0.1, 0.15) is 74.5 Å². The van der Waals surface area contributed by atoms with Gasteiger partial charge in [-0.3, -0.25) is 28.8 Å². The number of allylic oxidation sites excluding steroid dienone is 1. The van der Waals surface area contributed by atoms with Crippen LogP contribution in [0.3, 0.4) is 0 Å². The standard InChI is InChI=1S/C39H46FN5O9S/c1-53-27-14-12-24(13-15-27)18-34(46)41-32-11-6-4-2-3-5-9-26-20-39(26,37(49)43-55(51,52)29-16-17-29)42-35(47)33-19-28(22-45(33)36(32)48)54-38(50)44-21-25-8-7-10-31(40)30(25)23-44/h5,7-10,12-15,26,28-29,32-33H,2-4,6,11,16-23H2,1H3,(H,41,46)(H,42,47)(H,43,49)/b9-5-/t26-,28-,32+,33?,39-/m1/s1. The van der Waals surface area contributed by atoms with Crippen molar-refractivity contribution in [2.45, 2.75) is 106 Å². The molecule has 0 bridgehead atoms. The summed E-state index contributed by atoms with van der Waals surface area (Å²) in [6.45, 7) is -0.0518. The van der Waals surface area contributed by atoms with Gasteiger partial charge in [-0.2, -0.15) is 0 Å². The van der Waals surface area contributed by atoms with Crippen molar-refractivity contribution in [2.75, 3.05) is 13.7 Å². The van der Waals surface area contributed by atoms with Gasteiger partial charge >= 0.3 is 6.09 Å². The molecule has 5 aliphatic rings. The van der Waals surface area contributed by atoms with Crippen LogP contribution in [0.2, 0.25) is 0 Å². The van der Waals surface area contributed by atoms with Gasteiger partial charge in [0.1, 0.15) is 35.3 Å². The van der Waals surface area contributed by atoms with Crippen molar-refractivity contribution in [3.05, 3.63) is 77.1 Å². The molecule has 1 saturated heterocycles. The maximum atomic E-state index is 14.5. The Balaban J connectivity index is 1.13. The number of hydrogen-bond donors (Lipinski definition) is 3. The van der Waals surface area contributed by atoms with Gasteiger partial charge in [0.05, 0.1) is 31.9 Å². The van der Waals surface area contributed by atoms with E-state index in [9.17, 15) is 36.8 Å². The fraction of sp³-hybridized carbons (Fsp3) is 0.513. The summed E-state index contributed by atoms with van der Waals surface area (Å²) in [6.07, 6.45) is 6.02. The van der Waals surface area contributed by atoms with Crippen LogP contribution < -0.4 is 20.1 Å². The highest BCUT2D eigenvalue weighted by Crippen LogP contribution is 2.46. The lowest BCUT2D eigenvalue weighted by Crippen LogP contribution is -2.58. The van der Waals surface area contributed by atoms with E-state index >= 15 is 0 Å². The molecule has 5 amide bonds. The highest BCUT2D eigenvalue weighted by atomic mass is 32.2. The quantitative estimate of drug-likeness (QED) is 0.340. The van der Waals surface area contributed by atoms with E-state index in [2.05, 4.69) is 15.4 Å². The summed E-state index contributed by atoms with van der Waals surface area (Å²) in [6, 6.07) is 9.36. The van der Waals surface area contributed by atoms with Crippen molar-refractivity contribution in [3.8, 4) is 5.75 Å². The van der Waals surface area contributed by atoms with E-state index in [1.807, 2.05) is 12.2 Å². The molecule has 2 aromatic rings. The van der Waals surface area contributed by atoms with Crippen LogP contribution in [-0.4, -0.2) is 90.6 Å². The molecule has 294 valence electrons. The van der Waals surface area contributed by atoms with Gasteiger partial charge in [-0.15, -0.1) is 0 Å². The van der Waals surface area contributed by atoms with Gasteiger partial charge in [-0.1, -0.05) is 49.3 Å². The van der Waals surface area contributed by atoms with Crippen molar-refractivity contribution < 1.29 is 46.3 Å². The van der Waals surface area contributed by atoms with Gasteiger partial charge in [0.2, 0.25) is 27.7 Å². The predicted octanol–water partition coefficient (Wildman–Crippen LogP) is 2.99. The molecule has 0 aromatic heterocycles. The second-order valence-corrected chi connectivity index (χ2v) is 17.1. The second-order valence-electron chi connectivity index (χ2n) is 15.1. The summed E-state index contributed by atoms with van der Waals surface area (Å²) in [7, 11) is -2.38. The summed E-state index contributed by atoms with van der Waals surface area (Å²) in [5.41, 5.74) is 0.187. The molecule has 2 aromatic carbocycles. The number of hydrogen-bond acceptors (Lipinski definition) is 9. The number of fused-ring (bicyclic) bond motifs is 3. The van der Waals surface area contributed by atoms with Crippen LogP contribution in [0.4, 0.5) is 9.18 Å². The second kappa shape index (κ2) is 15.6. The van der Waals surface area contributed by atoms with Gasteiger partial charge in [0.25, 0.3) is 5.91 Å². The molecule has 0 radical (unpaired) electrons. The summed E-state index contributed by atoms with van der Waals surface area (Å²) in [4.78, 5) is 71.8. The smallest absolute Gasteiger partial charge is 0.410 e. The molecule has 7 rings (SSSR count). The van der Waals surface area contributed by atoms with Crippen LogP contribution in [0.15, 0.2) is 54.6 Å². The number of carbonyl (C=O) groups is 5. The minimum Gasteiger partial charge on any atom is -0.497 e. The fourth-order valence-corrected chi connectivity index (χ4v) is 9.11. The van der Waals surface area contributed by atoms with Crippen molar-refractivity contribution >= 4 is 39.7 Å². The number of halogens is 1. The lowest BCUT2D eigenvalue weighted by molar-refractivity contribution is -0.142. The Morgan fingerprint density at radius 3 is 2.53 bits per heavy atom. The molecule has 14 nitrogen and oxygen atoms in total. The van der Waals surface area contributed by atoms with E-state index in [0.29, 0.717) is 48.1 Å². The van der Waals surface area contributed by atoms with E-state index < -0.39 is 80.5 Å². The van der Waals surface area contributed by atoms with Crippen LogP contribution in [0, 0.1) is 11.7 Å². The molecular formula is C39H46FN5O9S. The summed E-state index contributed by atoms with van der Waals surface area (Å²) in [5.74, 6) is -2.78. The van der Waals surface area contributed by atoms with E-state index in [1.54, 1.807) is 43.5 Å². The molecule has 2 aliphatic carbocycles. The number of benzene rings is 2. The third-order valence-electron chi connectivity index (χ3n) is 11.2. The monoisotopic (exact) mass is 779 g/mol. The molecule has 16 heteroatoms. The average molecular weight is 780 g/mol. The van der Waals surface area contributed by atoms with Gasteiger partial charge in [0.15, 0.2) is 0 Å². The Hall–Kier alpha value is -4.99. The third kappa shape index (κ3) is 8.48. The third-order valence-corrected chi connectivity index (χ3v) is 13.0. The van der Waals surface area contributed by atoms with Gasteiger partial charge < -0.3 is 25.0 Å². The maximum Gasteiger partial charge on any atom is 0.410 e. The Labute approximate surface area is 319 Å². The van der Waals surface area contributed by atoms with Crippen LogP contribution in [-0.2, 0) is 53.4 Å². The lowest BCUT2D eigenvalue weighted by atomic mass is 10.0. The molecule has 55 heavy (non-hydrogen) atoms. The highest BCUT2D eigenvalue weighted by Gasteiger charge is 2.62. The number of methoxy groups -OCH3 is 1. The SMILES string of the molecule is COc1ccc(CC(=O)N[C@H]2CCCCC/C=C\[C@@H]3C[C@@]3(C(=O)NS(=O)(=O)C3CC3)NC(=O)C3C[C@@H](OC(=O)N4Cc5cccc(F)c5C4)CN3C2=O)cc1. The topological polar surface area (TPSA) is 181 Å². The summed E-state index contributed by atoms with van der Waals surface area (Å²) >= 11 is 0. The Morgan fingerprint density at radius 1 is 1.02 bits per heavy atom. The average Bonchev–Trinajstić information content (AvgIpc) is 4.04. The number of nitrogens with zero attached hydrogens (tertiary/aromatic N) is 2. The molecule has 3 heterocycles. The first kappa shape index (κ1) is 38.3. The largest absolute Gasteiger partial charge is 0.497 e. The Bertz CT molecular complexity index is 1990. The molecular weight excluding hydrogens is 734 g/mol. The molecule has 2 saturated carbocycles. The minimum atomic E-state index is -3.93. The molecule has 5 atom stereocenters. The van der Waals surface area contributed by atoms with Gasteiger partial charge in [-0.25, -0.2) is 17.6 Å². The summed E-state index contributed by atoms with van der Waals surface area (Å²) < 4.78 is 53.3. The van der Waals surface area contributed by atoms with Gasteiger partial charge in [-0.05, 0) is 67.9 Å². The van der Waals surface area contributed by atoms with Crippen LogP contribution in [0.25, 0.3) is 0 Å². The first-order chi connectivity index (χ1) is 26.4. The Morgan fingerprint density at radius 2 is 1.80 bits per heavy atom. The van der Waals surface area contributed by atoms with Crippen molar-refractivity contribution in [1.29, 1.82) is 0 Å². The van der Waals surface area contributed by atoms with E-state index in [4.69, 9.17) is 9.47 Å². The molecule has 3 N–H and O–H groups in total. The number of sulfonamides is 1. The van der Waals surface area contributed by atoms with Crippen molar-refractivity contribution in [2.24, 2.45) is 5.92 Å². The minimum absolute atomic E-state index is 0.00127. The first-order valence-electron chi connectivity index (χ1n) is 18.9. The zero-order chi connectivity index (χ0) is 38.9. The zero-order valence-corrected chi connectivity index (χ0v) is 31.4. The van der Waals surface area contributed by atoms with E-state index in [0.717, 1.165) is 12.8 Å². The number of nitrogens with one attached hydrogen (secondary N) is 3. The Kier molecular flexibility index (Phi) is 10.9. The maximum absolute atomic E-state index is 14.5. The normalized spacial score (nSPS) is 27.3. The molecule has 0 spiro atoms. The number of carbonyl (C=O) groups excluding carboxylic acids is 5. The van der Waals surface area contributed by atoms with Gasteiger partial charge in [0, 0.05) is 24.4 Å². The van der Waals surface area contributed by atoms with Crippen LogP contribution in [0.5, 0.6) is 5.75 Å². The zero-order valence-electron chi connectivity index (χ0n) is 30.6. The lowest BCUT2D eigenvalue weighted by Gasteiger charge is -2.30.